The van der Waals surface area contributed by atoms with E-state index < -0.39 is 0 Å². The minimum Gasteiger partial charge on any atom is -0.497 e. The molecule has 29 heavy (non-hydrogen) atoms. The van der Waals surface area contributed by atoms with Crippen LogP contribution in [0.1, 0.15) is 39.6 Å². The molecule has 0 radical (unpaired) electrons. The average molecular weight is 396 g/mol. The van der Waals surface area contributed by atoms with Crippen LogP contribution in [0.4, 0.5) is 5.95 Å². The maximum absolute atomic E-state index is 13.0. The molecule has 2 aromatic rings. The second-order valence-corrected chi connectivity index (χ2v) is 7.86. The summed E-state index contributed by atoms with van der Waals surface area (Å²) >= 11 is 0. The van der Waals surface area contributed by atoms with E-state index in [1.165, 1.54) is 0 Å². The normalized spacial score (nSPS) is 19.8. The summed E-state index contributed by atoms with van der Waals surface area (Å²) in [6.45, 7) is 5.71. The molecule has 7 heteroatoms. The summed E-state index contributed by atoms with van der Waals surface area (Å²) in [6.07, 6.45) is 1.14. The maximum atomic E-state index is 13.0. The molecule has 0 saturated carbocycles. The number of anilines is 1. The smallest absolute Gasteiger partial charge is 0.225 e. The third kappa shape index (κ3) is 3.79. The molecular weight excluding hydrogens is 368 g/mol. The van der Waals surface area contributed by atoms with Gasteiger partial charge in [0, 0.05) is 44.6 Å². The Morgan fingerprint density at radius 1 is 1.03 bits per heavy atom. The predicted molar refractivity (Wildman–Crippen MR) is 111 cm³/mol. The van der Waals surface area contributed by atoms with E-state index in [1.807, 2.05) is 25.1 Å². The average Bonchev–Trinajstić information content (AvgIpc) is 2.73. The first kappa shape index (κ1) is 19.6. The molecule has 0 unspecified atom stereocenters. The monoisotopic (exact) mass is 396 g/mol. The van der Waals surface area contributed by atoms with Gasteiger partial charge in [0.2, 0.25) is 5.95 Å². The van der Waals surface area contributed by atoms with Gasteiger partial charge in [-0.1, -0.05) is 6.07 Å². The van der Waals surface area contributed by atoms with Crippen molar-refractivity contribution in [2.75, 3.05) is 52.3 Å². The molecule has 2 aliphatic rings. The molecule has 2 heterocycles. The Hall–Kier alpha value is -2.67. The Labute approximate surface area is 171 Å². The zero-order valence-electron chi connectivity index (χ0n) is 17.6. The summed E-state index contributed by atoms with van der Waals surface area (Å²) in [5.74, 6) is 2.37. The van der Waals surface area contributed by atoms with Crippen LogP contribution >= 0.6 is 0 Å². The summed E-state index contributed by atoms with van der Waals surface area (Å²) in [4.78, 5) is 27.0. The number of aromatic nitrogens is 2. The molecule has 1 fully saturated rings. The zero-order valence-corrected chi connectivity index (χ0v) is 17.6. The van der Waals surface area contributed by atoms with Crippen molar-refractivity contribution in [2.24, 2.45) is 0 Å². The lowest BCUT2D eigenvalue weighted by atomic mass is 9.81. The fourth-order valence-corrected chi connectivity index (χ4v) is 4.28. The van der Waals surface area contributed by atoms with E-state index in [9.17, 15) is 4.79 Å². The molecule has 1 saturated heterocycles. The number of fused-ring (bicyclic) bond motifs is 1. The number of rotatable bonds is 4. The third-order valence-electron chi connectivity index (χ3n) is 5.97. The summed E-state index contributed by atoms with van der Waals surface area (Å²) in [5, 5.41) is 0. The van der Waals surface area contributed by atoms with Gasteiger partial charge in [-0.2, -0.15) is 0 Å². The van der Waals surface area contributed by atoms with Crippen molar-refractivity contribution < 1.29 is 14.3 Å². The summed E-state index contributed by atoms with van der Waals surface area (Å²) in [7, 11) is 5.41. The molecule has 0 bridgehead atoms. The van der Waals surface area contributed by atoms with Gasteiger partial charge in [-0.15, -0.1) is 0 Å². The lowest BCUT2D eigenvalue weighted by molar-refractivity contribution is 0.0961. The molecular formula is C22H28N4O3. The predicted octanol–water partition coefficient (Wildman–Crippen LogP) is 2.47. The van der Waals surface area contributed by atoms with Crippen LogP contribution in [0.2, 0.25) is 0 Å². The molecule has 4 rings (SSSR count). The van der Waals surface area contributed by atoms with E-state index >= 15 is 0 Å². The first-order valence-electron chi connectivity index (χ1n) is 10.1. The van der Waals surface area contributed by atoms with E-state index in [4.69, 9.17) is 14.5 Å². The summed E-state index contributed by atoms with van der Waals surface area (Å²) in [6, 6.07) is 5.78. The number of aryl methyl sites for hydroxylation is 1. The highest BCUT2D eigenvalue weighted by molar-refractivity contribution is 5.99. The van der Waals surface area contributed by atoms with Gasteiger partial charge in [0.05, 0.1) is 31.2 Å². The van der Waals surface area contributed by atoms with Crippen LogP contribution in [0.5, 0.6) is 11.5 Å². The molecule has 0 N–H and O–H groups in total. The van der Waals surface area contributed by atoms with Crippen molar-refractivity contribution in [1.29, 1.82) is 0 Å². The third-order valence-corrected chi connectivity index (χ3v) is 5.97. The van der Waals surface area contributed by atoms with Gasteiger partial charge in [-0.05, 0) is 32.0 Å². The second-order valence-electron chi connectivity index (χ2n) is 7.86. The van der Waals surface area contributed by atoms with Crippen LogP contribution in [-0.4, -0.2) is 68.1 Å². The number of ether oxygens (including phenoxy) is 2. The van der Waals surface area contributed by atoms with Gasteiger partial charge >= 0.3 is 0 Å². The van der Waals surface area contributed by atoms with Crippen LogP contribution in [-0.2, 0) is 6.42 Å². The lowest BCUT2D eigenvalue weighted by Gasteiger charge is -2.33. The molecule has 1 aromatic heterocycles. The number of hydrogen-bond acceptors (Lipinski definition) is 7. The first-order chi connectivity index (χ1) is 14.0. The minimum atomic E-state index is 0.0329. The fraction of sp³-hybridized carbons (Fsp3) is 0.500. The number of likely N-dealkylation sites (N-methyl/N-ethyl adjacent to an activating group) is 1. The minimum absolute atomic E-state index is 0.0329. The van der Waals surface area contributed by atoms with E-state index in [2.05, 4.69) is 21.8 Å². The molecule has 0 amide bonds. The molecule has 1 aromatic carbocycles. The number of Topliss-reactive ketones (excluding diaryl/α,β-unsaturated/α-hetero) is 1. The SMILES string of the molecule is COc1ccc([C@H]2CC(=O)c3c(C)nc(N4CCN(C)CC4)nc3C2)c(OC)c1. The number of benzene rings is 1. The molecule has 7 nitrogen and oxygen atoms in total. The highest BCUT2D eigenvalue weighted by atomic mass is 16.5. The van der Waals surface area contributed by atoms with Crippen LogP contribution in [0.25, 0.3) is 0 Å². The fourth-order valence-electron chi connectivity index (χ4n) is 4.28. The number of carbonyl (C=O) groups excluding carboxylic acids is 1. The van der Waals surface area contributed by atoms with Crippen LogP contribution in [0.3, 0.4) is 0 Å². The quantitative estimate of drug-likeness (QED) is 0.786. The van der Waals surface area contributed by atoms with E-state index in [0.29, 0.717) is 18.4 Å². The highest BCUT2D eigenvalue weighted by Gasteiger charge is 2.32. The number of hydrogen-bond donors (Lipinski definition) is 0. The van der Waals surface area contributed by atoms with Crippen molar-refractivity contribution in [3.05, 3.63) is 40.7 Å². The van der Waals surface area contributed by atoms with Gasteiger partial charge in [0.15, 0.2) is 5.78 Å². The summed E-state index contributed by atoms with van der Waals surface area (Å²) < 4.78 is 10.9. The summed E-state index contributed by atoms with van der Waals surface area (Å²) in [5.41, 5.74) is 3.36. The molecule has 0 spiro atoms. The number of nitrogens with zero attached hydrogens (tertiary/aromatic N) is 4. The lowest BCUT2D eigenvalue weighted by Crippen LogP contribution is -2.45. The van der Waals surface area contributed by atoms with Crippen molar-refractivity contribution >= 4 is 11.7 Å². The van der Waals surface area contributed by atoms with Gasteiger partial charge in [0.1, 0.15) is 11.5 Å². The maximum Gasteiger partial charge on any atom is 0.225 e. The van der Waals surface area contributed by atoms with Crippen LogP contribution in [0.15, 0.2) is 18.2 Å². The standard InChI is InChI=1S/C22H28N4O3/c1-14-21-18(24-22(23-14)26-9-7-25(2)8-10-26)11-15(12-19(21)27)17-6-5-16(28-3)13-20(17)29-4/h5-6,13,15H,7-12H2,1-4H3/t15-/m1/s1. The Balaban J connectivity index is 1.67. The zero-order chi connectivity index (χ0) is 20.5. The van der Waals surface area contributed by atoms with Crippen molar-refractivity contribution in [3.8, 4) is 11.5 Å². The highest BCUT2D eigenvalue weighted by Crippen LogP contribution is 2.39. The Bertz CT molecular complexity index is 923. The van der Waals surface area contributed by atoms with E-state index in [1.54, 1.807) is 14.2 Å². The second kappa shape index (κ2) is 7.99. The van der Waals surface area contributed by atoms with Crippen LogP contribution in [0, 0.1) is 6.92 Å². The molecule has 1 aliphatic heterocycles. The van der Waals surface area contributed by atoms with Crippen molar-refractivity contribution in [3.63, 3.8) is 0 Å². The van der Waals surface area contributed by atoms with Gasteiger partial charge in [0.25, 0.3) is 0 Å². The van der Waals surface area contributed by atoms with Gasteiger partial charge < -0.3 is 19.3 Å². The van der Waals surface area contributed by atoms with Gasteiger partial charge in [-0.25, -0.2) is 9.97 Å². The topological polar surface area (TPSA) is 67.8 Å². The molecule has 1 atom stereocenters. The molecule has 154 valence electrons. The number of methoxy groups -OCH3 is 2. The number of carbonyl (C=O) groups is 1. The Kier molecular flexibility index (Phi) is 5.41. The first-order valence-corrected chi connectivity index (χ1v) is 10.1. The molecule has 1 aliphatic carbocycles. The van der Waals surface area contributed by atoms with Crippen LogP contribution < -0.4 is 14.4 Å². The van der Waals surface area contributed by atoms with E-state index in [0.717, 1.165) is 60.6 Å². The number of ketones is 1. The largest absolute Gasteiger partial charge is 0.497 e. The van der Waals surface area contributed by atoms with E-state index in [-0.39, 0.29) is 11.7 Å². The van der Waals surface area contributed by atoms with Crippen molar-refractivity contribution in [2.45, 2.75) is 25.7 Å². The van der Waals surface area contributed by atoms with Gasteiger partial charge in [-0.3, -0.25) is 4.79 Å². The number of piperazine rings is 1. The Morgan fingerprint density at radius 3 is 2.48 bits per heavy atom. The van der Waals surface area contributed by atoms with Crippen molar-refractivity contribution in [1.82, 2.24) is 14.9 Å². The Morgan fingerprint density at radius 2 is 1.79 bits per heavy atom.